The molecule has 0 amide bonds. The van der Waals surface area contributed by atoms with E-state index in [9.17, 15) is 10.2 Å². The molecule has 126 valence electrons. The Balaban J connectivity index is 1.67. The average Bonchev–Trinajstić information content (AvgIpc) is 2.75. The average molecular weight is 371 g/mol. The molecule has 0 radical (unpaired) electrons. The summed E-state index contributed by atoms with van der Waals surface area (Å²) >= 11 is 3.88. The van der Waals surface area contributed by atoms with E-state index in [0.717, 1.165) is 25.7 Å². The van der Waals surface area contributed by atoms with Gasteiger partial charge in [-0.3, -0.25) is 0 Å². The highest BCUT2D eigenvalue weighted by Gasteiger charge is 2.61. The number of hydrogen-bond donors (Lipinski definition) is 2. The van der Waals surface area contributed by atoms with Crippen LogP contribution < -0.4 is 0 Å². The van der Waals surface area contributed by atoms with E-state index < -0.39 is 0 Å². The summed E-state index contributed by atoms with van der Waals surface area (Å²) in [5, 5.41) is 21.1. The van der Waals surface area contributed by atoms with Gasteiger partial charge in [-0.05, 0) is 85.9 Å². The van der Waals surface area contributed by atoms with Gasteiger partial charge in [0.15, 0.2) is 0 Å². The first-order chi connectivity index (χ1) is 10.3. The fourth-order valence-corrected chi connectivity index (χ4v) is 8.32. The van der Waals surface area contributed by atoms with Gasteiger partial charge in [-0.25, -0.2) is 0 Å². The Morgan fingerprint density at radius 3 is 2.50 bits per heavy atom. The second kappa shape index (κ2) is 5.20. The maximum Gasteiger partial charge on any atom is 0.0577 e. The molecule has 0 heterocycles. The zero-order valence-electron chi connectivity index (χ0n) is 14.0. The maximum absolute atomic E-state index is 11.0. The van der Waals surface area contributed by atoms with Crippen molar-refractivity contribution in [3.63, 3.8) is 0 Å². The fraction of sp³-hybridized carbons (Fsp3) is 1.00. The Morgan fingerprint density at radius 1 is 0.955 bits per heavy atom. The maximum atomic E-state index is 11.0. The summed E-state index contributed by atoms with van der Waals surface area (Å²) in [6, 6.07) is 0. The molecule has 22 heavy (non-hydrogen) atoms. The van der Waals surface area contributed by atoms with Crippen molar-refractivity contribution in [2.24, 2.45) is 34.5 Å². The number of fused-ring (bicyclic) bond motifs is 5. The van der Waals surface area contributed by atoms with Gasteiger partial charge in [-0.15, -0.1) is 0 Å². The number of aliphatic hydroxyl groups excluding tert-OH is 2. The summed E-state index contributed by atoms with van der Waals surface area (Å²) in [4.78, 5) is 0.646. The van der Waals surface area contributed by atoms with Crippen molar-refractivity contribution in [3.8, 4) is 0 Å². The van der Waals surface area contributed by atoms with Gasteiger partial charge < -0.3 is 10.2 Å². The number of aliphatic hydroxyl groups is 2. The molecule has 4 saturated carbocycles. The topological polar surface area (TPSA) is 40.5 Å². The highest BCUT2D eigenvalue weighted by Crippen LogP contribution is 2.66. The molecule has 0 aromatic rings. The molecule has 4 aliphatic carbocycles. The van der Waals surface area contributed by atoms with E-state index >= 15 is 0 Å². The van der Waals surface area contributed by atoms with E-state index in [1.165, 1.54) is 25.7 Å². The van der Waals surface area contributed by atoms with Crippen LogP contribution in [0.3, 0.4) is 0 Å². The molecule has 0 aliphatic heterocycles. The van der Waals surface area contributed by atoms with Crippen LogP contribution in [0.15, 0.2) is 0 Å². The second-order valence-electron chi connectivity index (χ2n) is 9.45. The first-order valence-electron chi connectivity index (χ1n) is 9.34. The van der Waals surface area contributed by atoms with Gasteiger partial charge in [0.25, 0.3) is 0 Å². The summed E-state index contributed by atoms with van der Waals surface area (Å²) in [5.41, 5.74) is 0.794. The van der Waals surface area contributed by atoms with Crippen LogP contribution in [0.25, 0.3) is 0 Å². The third-order valence-electron chi connectivity index (χ3n) is 8.37. The molecule has 4 aliphatic rings. The van der Waals surface area contributed by atoms with Crippen molar-refractivity contribution in [2.75, 3.05) is 0 Å². The Bertz CT molecular complexity index is 455. The molecule has 9 atom stereocenters. The van der Waals surface area contributed by atoms with E-state index in [0.29, 0.717) is 39.3 Å². The Labute approximate surface area is 143 Å². The van der Waals surface area contributed by atoms with Gasteiger partial charge in [0.05, 0.1) is 12.2 Å². The molecule has 0 saturated heterocycles. The van der Waals surface area contributed by atoms with Gasteiger partial charge in [-0.2, -0.15) is 0 Å². The predicted octanol–water partition coefficient (Wildman–Crippen LogP) is 4.12. The molecule has 4 rings (SSSR count). The smallest absolute Gasteiger partial charge is 0.0577 e. The highest BCUT2D eigenvalue weighted by atomic mass is 79.9. The van der Waals surface area contributed by atoms with E-state index in [2.05, 4.69) is 29.8 Å². The molecule has 2 N–H and O–H groups in total. The van der Waals surface area contributed by atoms with Gasteiger partial charge in [0, 0.05) is 4.83 Å². The molecule has 0 aromatic carbocycles. The quantitative estimate of drug-likeness (QED) is 0.629. The number of alkyl halides is 1. The Hall–Kier alpha value is 0.400. The molecule has 0 aromatic heterocycles. The molecular formula is C19H31BrO2. The summed E-state index contributed by atoms with van der Waals surface area (Å²) in [5.74, 6) is 2.38. The summed E-state index contributed by atoms with van der Waals surface area (Å²) in [6.45, 7) is 4.96. The normalized spacial score (nSPS) is 61.2. The van der Waals surface area contributed by atoms with E-state index in [-0.39, 0.29) is 12.2 Å². The molecule has 3 heteroatoms. The van der Waals surface area contributed by atoms with Crippen molar-refractivity contribution < 1.29 is 10.2 Å². The molecule has 2 nitrogen and oxygen atoms in total. The number of rotatable bonds is 0. The SMILES string of the molecule is C[C@]12CC[C@@H]3[C@@H](C(O)CC4CC(O)CC[C@@]43C)[C@@H]1CC(Br)C2. The summed E-state index contributed by atoms with van der Waals surface area (Å²) in [7, 11) is 0. The molecule has 0 spiro atoms. The van der Waals surface area contributed by atoms with Crippen molar-refractivity contribution in [1.29, 1.82) is 0 Å². The van der Waals surface area contributed by atoms with Crippen LogP contribution in [-0.2, 0) is 0 Å². The molecular weight excluding hydrogens is 340 g/mol. The van der Waals surface area contributed by atoms with Crippen molar-refractivity contribution in [1.82, 2.24) is 0 Å². The zero-order valence-corrected chi connectivity index (χ0v) is 15.6. The van der Waals surface area contributed by atoms with Crippen molar-refractivity contribution in [2.45, 2.75) is 82.2 Å². The number of hydrogen-bond acceptors (Lipinski definition) is 2. The van der Waals surface area contributed by atoms with Gasteiger partial charge in [-0.1, -0.05) is 29.8 Å². The second-order valence-corrected chi connectivity index (χ2v) is 10.7. The minimum Gasteiger partial charge on any atom is -0.393 e. The van der Waals surface area contributed by atoms with Crippen LogP contribution in [0.2, 0.25) is 0 Å². The minimum atomic E-state index is -0.143. The van der Waals surface area contributed by atoms with Crippen LogP contribution in [0.5, 0.6) is 0 Å². The van der Waals surface area contributed by atoms with Gasteiger partial charge in [0.2, 0.25) is 0 Å². The standard InChI is InChI=1S/C19H31BrO2/c1-18-5-4-14-17(15(18)9-12(20)10-18)16(22)8-11-7-13(21)3-6-19(11,14)2/h11-17,21-22H,3-10H2,1-2H3/t11?,12?,13?,14-,15+,16?,17-,18-,19+/m1/s1. The third kappa shape index (κ3) is 2.18. The van der Waals surface area contributed by atoms with E-state index in [4.69, 9.17) is 0 Å². The van der Waals surface area contributed by atoms with Crippen LogP contribution in [-0.4, -0.2) is 27.2 Å². The van der Waals surface area contributed by atoms with Gasteiger partial charge >= 0.3 is 0 Å². The molecule has 4 fully saturated rings. The first-order valence-corrected chi connectivity index (χ1v) is 10.3. The van der Waals surface area contributed by atoms with E-state index in [1.807, 2.05) is 0 Å². The van der Waals surface area contributed by atoms with Crippen LogP contribution in [0, 0.1) is 34.5 Å². The lowest BCUT2D eigenvalue weighted by Gasteiger charge is -2.61. The number of halogens is 1. The lowest BCUT2D eigenvalue weighted by atomic mass is 9.44. The Kier molecular flexibility index (Phi) is 3.76. The van der Waals surface area contributed by atoms with Crippen molar-refractivity contribution >= 4 is 15.9 Å². The van der Waals surface area contributed by atoms with Crippen LogP contribution in [0.1, 0.15) is 65.2 Å². The first kappa shape index (κ1) is 15.9. The predicted molar refractivity (Wildman–Crippen MR) is 91.8 cm³/mol. The Morgan fingerprint density at radius 2 is 1.73 bits per heavy atom. The van der Waals surface area contributed by atoms with Crippen molar-refractivity contribution in [3.05, 3.63) is 0 Å². The zero-order chi connectivity index (χ0) is 15.7. The fourth-order valence-electron chi connectivity index (χ4n) is 7.17. The summed E-state index contributed by atoms with van der Waals surface area (Å²) < 4.78 is 0. The van der Waals surface area contributed by atoms with E-state index in [1.54, 1.807) is 0 Å². The molecule has 4 unspecified atom stereocenters. The monoisotopic (exact) mass is 370 g/mol. The highest BCUT2D eigenvalue weighted by molar-refractivity contribution is 9.09. The largest absolute Gasteiger partial charge is 0.393 e. The van der Waals surface area contributed by atoms with Gasteiger partial charge in [0.1, 0.15) is 0 Å². The lowest BCUT2D eigenvalue weighted by molar-refractivity contribution is -0.168. The lowest BCUT2D eigenvalue weighted by Crippen LogP contribution is -2.57. The summed E-state index contributed by atoms with van der Waals surface area (Å²) in [6.07, 6.45) is 8.85. The van der Waals surface area contributed by atoms with Crippen LogP contribution in [0.4, 0.5) is 0 Å². The minimum absolute atomic E-state index is 0.130. The third-order valence-corrected chi connectivity index (χ3v) is 9.07. The van der Waals surface area contributed by atoms with Crippen LogP contribution >= 0.6 is 15.9 Å². The molecule has 0 bridgehead atoms.